The second kappa shape index (κ2) is 4.65. The van der Waals surface area contributed by atoms with E-state index < -0.39 is 12.0 Å². The monoisotopic (exact) mass is 232 g/mol. The number of hydrogen-bond donors (Lipinski definition) is 3. The molecule has 2 rings (SSSR count). The third kappa shape index (κ3) is 2.60. The van der Waals surface area contributed by atoms with Crippen LogP contribution >= 0.6 is 0 Å². The SMILES string of the molecule is CC(Nc1ncc(-c2ccc[nH]2)cn1)C(=O)O. The Morgan fingerprint density at radius 2 is 2.18 bits per heavy atom. The van der Waals surface area contributed by atoms with Gasteiger partial charge in [-0.3, -0.25) is 4.79 Å². The number of aromatic nitrogens is 3. The van der Waals surface area contributed by atoms with E-state index in [0.717, 1.165) is 11.3 Å². The normalized spacial score (nSPS) is 12.1. The fourth-order valence-electron chi connectivity index (χ4n) is 1.31. The maximum absolute atomic E-state index is 10.6. The van der Waals surface area contributed by atoms with Crippen molar-refractivity contribution >= 4 is 11.9 Å². The Balaban J connectivity index is 2.11. The lowest BCUT2D eigenvalue weighted by Gasteiger charge is -2.08. The number of nitrogens with zero attached hydrogens (tertiary/aromatic N) is 2. The maximum atomic E-state index is 10.6. The van der Waals surface area contributed by atoms with Crippen LogP contribution in [0.15, 0.2) is 30.7 Å². The van der Waals surface area contributed by atoms with Crippen molar-refractivity contribution in [3.63, 3.8) is 0 Å². The summed E-state index contributed by atoms with van der Waals surface area (Å²) in [6.07, 6.45) is 5.08. The van der Waals surface area contributed by atoms with E-state index in [4.69, 9.17) is 5.11 Å². The molecular weight excluding hydrogens is 220 g/mol. The van der Waals surface area contributed by atoms with Crippen molar-refractivity contribution < 1.29 is 9.90 Å². The largest absolute Gasteiger partial charge is 0.480 e. The Kier molecular flexibility index (Phi) is 3.04. The molecule has 88 valence electrons. The summed E-state index contributed by atoms with van der Waals surface area (Å²) in [7, 11) is 0. The number of nitrogens with one attached hydrogen (secondary N) is 2. The van der Waals surface area contributed by atoms with Gasteiger partial charge >= 0.3 is 5.97 Å². The van der Waals surface area contributed by atoms with Crippen LogP contribution in [0.3, 0.4) is 0 Å². The molecule has 0 spiro atoms. The van der Waals surface area contributed by atoms with Crippen LogP contribution in [0, 0.1) is 0 Å². The quantitative estimate of drug-likeness (QED) is 0.740. The van der Waals surface area contributed by atoms with E-state index in [-0.39, 0.29) is 0 Å². The minimum atomic E-state index is -0.943. The van der Waals surface area contributed by atoms with Crippen LogP contribution in [0.25, 0.3) is 11.3 Å². The summed E-state index contributed by atoms with van der Waals surface area (Å²) in [5.41, 5.74) is 1.77. The number of H-pyrrole nitrogens is 1. The van der Waals surface area contributed by atoms with Crippen molar-refractivity contribution in [2.24, 2.45) is 0 Å². The first-order chi connectivity index (χ1) is 8.16. The molecule has 1 atom stereocenters. The van der Waals surface area contributed by atoms with Crippen LogP contribution in [0.5, 0.6) is 0 Å². The van der Waals surface area contributed by atoms with Gasteiger partial charge in [0, 0.05) is 29.8 Å². The minimum Gasteiger partial charge on any atom is -0.480 e. The van der Waals surface area contributed by atoms with Crippen LogP contribution in [0.4, 0.5) is 5.95 Å². The molecule has 0 radical (unpaired) electrons. The van der Waals surface area contributed by atoms with Crippen molar-refractivity contribution in [3.05, 3.63) is 30.7 Å². The van der Waals surface area contributed by atoms with Crippen molar-refractivity contribution in [2.45, 2.75) is 13.0 Å². The first-order valence-corrected chi connectivity index (χ1v) is 5.12. The fraction of sp³-hybridized carbons (Fsp3) is 0.182. The molecular formula is C11H12N4O2. The molecule has 0 aliphatic carbocycles. The van der Waals surface area contributed by atoms with Gasteiger partial charge in [-0.1, -0.05) is 0 Å². The Labute approximate surface area is 97.7 Å². The molecule has 0 aliphatic heterocycles. The van der Waals surface area contributed by atoms with Gasteiger partial charge in [0.25, 0.3) is 0 Å². The van der Waals surface area contributed by atoms with Crippen molar-refractivity contribution in [1.29, 1.82) is 0 Å². The molecule has 0 saturated heterocycles. The van der Waals surface area contributed by atoms with Gasteiger partial charge in [-0.2, -0.15) is 0 Å². The van der Waals surface area contributed by atoms with Gasteiger partial charge in [0.05, 0.1) is 0 Å². The van der Waals surface area contributed by atoms with Gasteiger partial charge in [-0.15, -0.1) is 0 Å². The number of carbonyl (C=O) groups is 1. The molecule has 2 heterocycles. The average Bonchev–Trinajstić information content (AvgIpc) is 2.83. The third-order valence-electron chi connectivity index (χ3n) is 2.28. The third-order valence-corrected chi connectivity index (χ3v) is 2.28. The Morgan fingerprint density at radius 3 is 2.71 bits per heavy atom. The zero-order valence-electron chi connectivity index (χ0n) is 9.21. The number of aromatic amines is 1. The lowest BCUT2D eigenvalue weighted by atomic mass is 10.2. The Hall–Kier alpha value is -2.37. The van der Waals surface area contributed by atoms with Gasteiger partial charge < -0.3 is 15.4 Å². The highest BCUT2D eigenvalue weighted by Gasteiger charge is 2.11. The predicted molar refractivity (Wildman–Crippen MR) is 62.5 cm³/mol. The van der Waals surface area contributed by atoms with Crippen LogP contribution in [0.2, 0.25) is 0 Å². The molecule has 0 aliphatic rings. The highest BCUT2D eigenvalue weighted by Crippen LogP contribution is 2.15. The van der Waals surface area contributed by atoms with Gasteiger partial charge in [0.2, 0.25) is 5.95 Å². The topological polar surface area (TPSA) is 90.9 Å². The summed E-state index contributed by atoms with van der Waals surface area (Å²) in [6, 6.07) is 3.07. The molecule has 2 aromatic heterocycles. The zero-order valence-corrected chi connectivity index (χ0v) is 9.21. The van der Waals surface area contributed by atoms with Crippen LogP contribution < -0.4 is 5.32 Å². The number of rotatable bonds is 4. The predicted octanol–water partition coefficient (Wildman–Crippen LogP) is 1.36. The van der Waals surface area contributed by atoms with Crippen molar-refractivity contribution in [1.82, 2.24) is 15.0 Å². The molecule has 2 aromatic rings. The molecule has 0 aromatic carbocycles. The molecule has 0 bridgehead atoms. The van der Waals surface area contributed by atoms with E-state index in [2.05, 4.69) is 20.3 Å². The van der Waals surface area contributed by atoms with Gasteiger partial charge in [0.15, 0.2) is 0 Å². The molecule has 1 unspecified atom stereocenters. The number of carboxylic acids is 1. The van der Waals surface area contributed by atoms with E-state index in [9.17, 15) is 4.79 Å². The molecule has 17 heavy (non-hydrogen) atoms. The second-order valence-electron chi connectivity index (χ2n) is 3.58. The van der Waals surface area contributed by atoms with Gasteiger partial charge in [-0.05, 0) is 19.1 Å². The van der Waals surface area contributed by atoms with Crippen LogP contribution in [-0.2, 0) is 4.79 Å². The van der Waals surface area contributed by atoms with E-state index >= 15 is 0 Å². The van der Waals surface area contributed by atoms with Crippen LogP contribution in [-0.4, -0.2) is 32.1 Å². The second-order valence-corrected chi connectivity index (χ2v) is 3.58. The number of anilines is 1. The van der Waals surface area contributed by atoms with Gasteiger partial charge in [0.1, 0.15) is 6.04 Å². The van der Waals surface area contributed by atoms with Crippen molar-refractivity contribution in [3.8, 4) is 11.3 Å². The maximum Gasteiger partial charge on any atom is 0.325 e. The summed E-state index contributed by atoms with van der Waals surface area (Å²) < 4.78 is 0. The summed E-state index contributed by atoms with van der Waals surface area (Å²) >= 11 is 0. The Bertz CT molecular complexity index is 493. The molecule has 6 nitrogen and oxygen atoms in total. The first kappa shape index (κ1) is 11.1. The smallest absolute Gasteiger partial charge is 0.325 e. The lowest BCUT2D eigenvalue weighted by molar-refractivity contribution is -0.137. The number of aliphatic carboxylic acids is 1. The molecule has 3 N–H and O–H groups in total. The summed E-state index contributed by atoms with van der Waals surface area (Å²) in [5, 5.41) is 11.4. The van der Waals surface area contributed by atoms with Crippen LogP contribution in [0.1, 0.15) is 6.92 Å². The summed E-state index contributed by atoms with van der Waals surface area (Å²) in [6.45, 7) is 1.53. The highest BCUT2D eigenvalue weighted by molar-refractivity contribution is 5.75. The van der Waals surface area contributed by atoms with E-state index in [0.29, 0.717) is 5.95 Å². The summed E-state index contributed by atoms with van der Waals surface area (Å²) in [5.74, 6) is -0.641. The molecule has 0 amide bonds. The molecule has 0 fully saturated rings. The Morgan fingerprint density at radius 1 is 1.47 bits per heavy atom. The van der Waals surface area contributed by atoms with E-state index in [1.54, 1.807) is 12.4 Å². The number of carboxylic acid groups (broad SMARTS) is 1. The zero-order chi connectivity index (χ0) is 12.3. The highest BCUT2D eigenvalue weighted by atomic mass is 16.4. The minimum absolute atomic E-state index is 0.301. The fourth-order valence-corrected chi connectivity index (χ4v) is 1.31. The van der Waals surface area contributed by atoms with Gasteiger partial charge in [-0.25, -0.2) is 9.97 Å². The van der Waals surface area contributed by atoms with E-state index in [1.165, 1.54) is 6.92 Å². The standard InChI is InChI=1S/C11H12N4O2/c1-7(10(16)17)15-11-13-5-8(6-14-11)9-3-2-4-12-9/h2-7,12H,1H3,(H,16,17)(H,13,14,15). The first-order valence-electron chi connectivity index (χ1n) is 5.12. The molecule has 0 saturated carbocycles. The van der Waals surface area contributed by atoms with E-state index in [1.807, 2.05) is 18.3 Å². The number of hydrogen-bond acceptors (Lipinski definition) is 4. The molecule has 6 heteroatoms. The average molecular weight is 232 g/mol. The summed E-state index contributed by atoms with van der Waals surface area (Å²) in [4.78, 5) is 21.8. The van der Waals surface area contributed by atoms with Crippen molar-refractivity contribution in [2.75, 3.05) is 5.32 Å². The lowest BCUT2D eigenvalue weighted by Crippen LogP contribution is -2.26.